The lowest BCUT2D eigenvalue weighted by Gasteiger charge is -2.41. The van der Waals surface area contributed by atoms with E-state index in [2.05, 4.69) is 9.29 Å². The van der Waals surface area contributed by atoms with Gasteiger partial charge in [-0.15, -0.1) is 0 Å². The molecule has 2 unspecified atom stereocenters. The maximum Gasteiger partial charge on any atom is 0.303 e. The van der Waals surface area contributed by atoms with Gasteiger partial charge in [0.1, 0.15) is 11.9 Å². The van der Waals surface area contributed by atoms with Crippen LogP contribution < -0.4 is 9.46 Å². The Morgan fingerprint density at radius 3 is 2.36 bits per heavy atom. The van der Waals surface area contributed by atoms with Gasteiger partial charge in [-0.05, 0) is 87.9 Å². The van der Waals surface area contributed by atoms with Crippen molar-refractivity contribution in [2.75, 3.05) is 34.3 Å². The van der Waals surface area contributed by atoms with E-state index < -0.39 is 33.6 Å². The Bertz CT molecular complexity index is 1940. The largest absolute Gasteiger partial charge is 0.497 e. The summed E-state index contributed by atoms with van der Waals surface area (Å²) in [6, 6.07) is 11.3. The molecule has 1 aromatic heterocycles. The number of methoxy groups -OCH3 is 1. The molecule has 2 saturated heterocycles. The fourth-order valence-corrected chi connectivity index (χ4v) is 9.07. The molecule has 0 radical (unpaired) electrons. The van der Waals surface area contributed by atoms with Crippen molar-refractivity contribution in [3.63, 3.8) is 0 Å². The molecule has 2 aromatic carbocycles. The van der Waals surface area contributed by atoms with Gasteiger partial charge in [0.05, 0.1) is 31.6 Å². The highest BCUT2D eigenvalue weighted by atomic mass is 32.2. The van der Waals surface area contributed by atoms with E-state index in [0.717, 1.165) is 63.3 Å². The van der Waals surface area contributed by atoms with Crippen LogP contribution in [0, 0.1) is 0 Å². The number of fused-ring (bicyclic) bond motifs is 7. The van der Waals surface area contributed by atoms with Gasteiger partial charge in [0.25, 0.3) is 11.8 Å². The average molecular weight is 709 g/mol. The molecule has 4 aliphatic rings. The van der Waals surface area contributed by atoms with E-state index >= 15 is 4.79 Å². The molecule has 4 heterocycles. The molecule has 3 fully saturated rings. The molecule has 3 aliphatic heterocycles. The maximum atomic E-state index is 15.2. The fraction of sp³-hybridized carbons (Fsp3) is 0.568. The highest BCUT2D eigenvalue weighted by Gasteiger charge is 2.62. The molecule has 4 atom stereocenters. The standard InChI is InChI=1S/C37H48N4O8S/c1-22-19-40(20-23(2)47-22)35(43)37-21-41-30-17-25(34(42)38-50(44,45)39(5)6)13-15-28(30)31(24-11-9-8-10-12-24)32(41)27-16-14-26(46-7)18-29(27)33(37)48-36(3,4)49-37/h13-18,22-24,33H,8-12,19-21H2,1-7H3,(H,38,42)/t22-,23+,33?,37?. The molecule has 7 rings (SSSR count). The van der Waals surface area contributed by atoms with E-state index in [1.54, 1.807) is 19.2 Å². The molecule has 2 amide bonds. The number of hydrogen-bond donors (Lipinski definition) is 1. The minimum atomic E-state index is -4.03. The quantitative estimate of drug-likeness (QED) is 0.374. The summed E-state index contributed by atoms with van der Waals surface area (Å²) in [6.07, 6.45) is 4.31. The molecule has 13 heteroatoms. The smallest absolute Gasteiger partial charge is 0.303 e. The zero-order chi connectivity index (χ0) is 35.7. The van der Waals surface area contributed by atoms with Crippen LogP contribution in [0.5, 0.6) is 5.75 Å². The van der Waals surface area contributed by atoms with E-state index in [1.807, 2.05) is 56.9 Å². The number of nitrogens with one attached hydrogen (secondary N) is 1. The van der Waals surface area contributed by atoms with Crippen LogP contribution in [-0.4, -0.2) is 91.9 Å². The Morgan fingerprint density at radius 1 is 1.00 bits per heavy atom. The summed E-state index contributed by atoms with van der Waals surface area (Å²) >= 11 is 0. The van der Waals surface area contributed by atoms with Gasteiger partial charge in [0, 0.05) is 49.2 Å². The first-order chi connectivity index (χ1) is 23.6. The molecule has 0 spiro atoms. The van der Waals surface area contributed by atoms with Crippen molar-refractivity contribution in [1.82, 2.24) is 18.5 Å². The van der Waals surface area contributed by atoms with E-state index in [1.165, 1.54) is 20.5 Å². The Labute approximate surface area is 294 Å². The van der Waals surface area contributed by atoms with Gasteiger partial charge in [-0.2, -0.15) is 12.7 Å². The minimum Gasteiger partial charge on any atom is -0.497 e. The predicted octanol–water partition coefficient (Wildman–Crippen LogP) is 5.11. The third kappa shape index (κ3) is 5.90. The molecule has 270 valence electrons. The fourth-order valence-electron chi connectivity index (χ4n) is 8.54. The number of ether oxygens (including phenoxy) is 4. The normalized spacial score (nSPS) is 26.6. The molecule has 50 heavy (non-hydrogen) atoms. The van der Waals surface area contributed by atoms with Gasteiger partial charge in [-0.3, -0.25) is 9.59 Å². The monoisotopic (exact) mass is 708 g/mol. The maximum absolute atomic E-state index is 15.2. The van der Waals surface area contributed by atoms with Crippen LogP contribution >= 0.6 is 0 Å². The molecule has 0 bridgehead atoms. The number of nitrogens with zero attached hydrogens (tertiary/aromatic N) is 3. The van der Waals surface area contributed by atoms with Crippen molar-refractivity contribution in [2.24, 2.45) is 0 Å². The number of morpholine rings is 1. The second-order valence-corrected chi connectivity index (χ2v) is 16.8. The zero-order valence-electron chi connectivity index (χ0n) is 29.9. The van der Waals surface area contributed by atoms with Crippen LogP contribution in [0.25, 0.3) is 22.2 Å². The number of carbonyl (C=O) groups excluding carboxylic acids is 2. The Morgan fingerprint density at radius 2 is 1.70 bits per heavy atom. The number of benzene rings is 2. The van der Waals surface area contributed by atoms with Crippen LogP contribution in [0.4, 0.5) is 0 Å². The van der Waals surface area contributed by atoms with E-state index in [0.29, 0.717) is 18.8 Å². The SMILES string of the molecule is COc1ccc2c(c1)C1OC(C)(C)OC1(C(=O)N1C[C@@H](C)O[C@@H](C)C1)Cn1c-2c(C2CCCCC2)c2ccc(C(=O)NS(=O)(=O)N(C)C)cc21. The molecule has 1 saturated carbocycles. The number of aromatic nitrogens is 1. The van der Waals surface area contributed by atoms with Gasteiger partial charge in [0.15, 0.2) is 11.4 Å². The van der Waals surface area contributed by atoms with Gasteiger partial charge in [0.2, 0.25) is 0 Å². The van der Waals surface area contributed by atoms with Crippen LogP contribution in [0.2, 0.25) is 0 Å². The van der Waals surface area contributed by atoms with E-state index in [4.69, 9.17) is 18.9 Å². The summed E-state index contributed by atoms with van der Waals surface area (Å²) in [5, 5.41) is 0.966. The molecular formula is C37H48N4O8S. The summed E-state index contributed by atoms with van der Waals surface area (Å²) in [4.78, 5) is 30.5. The van der Waals surface area contributed by atoms with Gasteiger partial charge in [-0.1, -0.05) is 25.3 Å². The number of hydrogen-bond acceptors (Lipinski definition) is 8. The molecular weight excluding hydrogens is 660 g/mol. The lowest BCUT2D eigenvalue weighted by atomic mass is 9.80. The Balaban J connectivity index is 1.50. The lowest BCUT2D eigenvalue weighted by molar-refractivity contribution is -0.188. The van der Waals surface area contributed by atoms with Crippen molar-refractivity contribution in [3.8, 4) is 17.0 Å². The summed E-state index contributed by atoms with van der Waals surface area (Å²) < 4.78 is 56.0. The first-order valence-corrected chi connectivity index (χ1v) is 19.0. The van der Waals surface area contributed by atoms with Gasteiger partial charge in [-0.25, -0.2) is 4.72 Å². The topological polar surface area (TPSA) is 129 Å². The minimum absolute atomic E-state index is 0.108. The highest BCUT2D eigenvalue weighted by molar-refractivity contribution is 7.87. The van der Waals surface area contributed by atoms with Crippen molar-refractivity contribution >= 4 is 32.9 Å². The first-order valence-electron chi connectivity index (χ1n) is 17.6. The van der Waals surface area contributed by atoms with Crippen LogP contribution in [-0.2, 0) is 35.8 Å². The first kappa shape index (κ1) is 34.9. The van der Waals surface area contributed by atoms with Crippen molar-refractivity contribution in [1.29, 1.82) is 0 Å². The van der Waals surface area contributed by atoms with E-state index in [9.17, 15) is 13.2 Å². The number of amides is 2. The third-order valence-electron chi connectivity index (χ3n) is 10.6. The zero-order valence-corrected chi connectivity index (χ0v) is 30.8. The molecule has 1 N–H and O–H groups in total. The predicted molar refractivity (Wildman–Crippen MR) is 188 cm³/mol. The average Bonchev–Trinajstić information content (AvgIpc) is 3.50. The third-order valence-corrected chi connectivity index (χ3v) is 12.0. The van der Waals surface area contributed by atoms with Gasteiger partial charge >= 0.3 is 10.2 Å². The summed E-state index contributed by atoms with van der Waals surface area (Å²) in [7, 11) is 0.320. The molecule has 1 aliphatic carbocycles. The van der Waals surface area contributed by atoms with Crippen molar-refractivity contribution in [3.05, 3.63) is 53.1 Å². The van der Waals surface area contributed by atoms with Crippen LogP contribution in [0.15, 0.2) is 36.4 Å². The van der Waals surface area contributed by atoms with Gasteiger partial charge < -0.3 is 28.4 Å². The second kappa shape index (κ2) is 12.6. The molecule has 3 aromatic rings. The molecule has 12 nitrogen and oxygen atoms in total. The number of rotatable bonds is 6. The summed E-state index contributed by atoms with van der Waals surface area (Å²) in [5.74, 6) is -1.16. The van der Waals surface area contributed by atoms with Crippen LogP contribution in [0.3, 0.4) is 0 Å². The Kier molecular flexibility index (Phi) is 8.82. The van der Waals surface area contributed by atoms with Crippen LogP contribution in [0.1, 0.15) is 93.3 Å². The Hall–Kier alpha value is -3.49. The highest BCUT2D eigenvalue weighted by Crippen LogP contribution is 2.56. The second-order valence-electron chi connectivity index (χ2n) is 14.9. The number of carbonyl (C=O) groups is 2. The summed E-state index contributed by atoms with van der Waals surface area (Å²) in [6.45, 7) is 8.51. The van der Waals surface area contributed by atoms with Crippen molar-refractivity contribution in [2.45, 2.75) is 102 Å². The summed E-state index contributed by atoms with van der Waals surface area (Å²) in [5.41, 5.74) is 3.25. The van der Waals surface area contributed by atoms with E-state index in [-0.39, 0.29) is 36.1 Å². The lowest BCUT2D eigenvalue weighted by Crippen LogP contribution is -2.59. The van der Waals surface area contributed by atoms with Crippen molar-refractivity contribution < 1.29 is 37.0 Å².